The van der Waals surface area contributed by atoms with Crippen molar-refractivity contribution in [1.82, 2.24) is 0 Å². The second-order valence-corrected chi connectivity index (χ2v) is 6.29. The van der Waals surface area contributed by atoms with Crippen molar-refractivity contribution >= 4 is 5.97 Å². The summed E-state index contributed by atoms with van der Waals surface area (Å²) in [6, 6.07) is 0. The van der Waals surface area contributed by atoms with Crippen molar-refractivity contribution in [2.45, 2.75) is 57.3 Å². The minimum Gasteiger partial charge on any atom is -0.469 e. The van der Waals surface area contributed by atoms with Gasteiger partial charge in [0, 0.05) is 18.4 Å². The van der Waals surface area contributed by atoms with Crippen molar-refractivity contribution in [3.8, 4) is 0 Å². The molecule has 0 saturated carbocycles. The molecule has 4 nitrogen and oxygen atoms in total. The van der Waals surface area contributed by atoms with Crippen molar-refractivity contribution < 1.29 is 18.7 Å². The van der Waals surface area contributed by atoms with Gasteiger partial charge in [0.1, 0.15) is 11.9 Å². The molecule has 1 aromatic heterocycles. The third kappa shape index (κ3) is 1.66. The summed E-state index contributed by atoms with van der Waals surface area (Å²) in [7, 11) is 0. The number of fused-ring (bicyclic) bond motifs is 5. The molecule has 4 atom stereocenters. The van der Waals surface area contributed by atoms with Gasteiger partial charge in [-0.3, -0.25) is 4.79 Å². The largest absolute Gasteiger partial charge is 0.469 e. The molecule has 19 heavy (non-hydrogen) atoms. The van der Waals surface area contributed by atoms with Crippen LogP contribution in [0.25, 0.3) is 0 Å². The van der Waals surface area contributed by atoms with Gasteiger partial charge >= 0.3 is 5.97 Å². The Kier molecular flexibility index (Phi) is 2.20. The second-order valence-electron chi connectivity index (χ2n) is 6.29. The average molecular weight is 262 g/mol. The van der Waals surface area contributed by atoms with Crippen LogP contribution in [0.3, 0.4) is 0 Å². The Morgan fingerprint density at radius 1 is 1.37 bits per heavy atom. The molecule has 4 heteroatoms. The van der Waals surface area contributed by atoms with Crippen LogP contribution in [0.2, 0.25) is 0 Å². The lowest BCUT2D eigenvalue weighted by atomic mass is 9.88. The van der Waals surface area contributed by atoms with E-state index in [0.717, 1.165) is 42.6 Å². The number of epoxide rings is 1. The highest BCUT2D eigenvalue weighted by Gasteiger charge is 2.54. The van der Waals surface area contributed by atoms with Crippen LogP contribution >= 0.6 is 0 Å². The molecule has 1 aromatic rings. The number of aryl methyl sites for hydroxylation is 1. The Hall–Kier alpha value is -1.29. The second kappa shape index (κ2) is 3.63. The van der Waals surface area contributed by atoms with Gasteiger partial charge in [0.2, 0.25) is 0 Å². The summed E-state index contributed by atoms with van der Waals surface area (Å²) < 4.78 is 17.1. The maximum Gasteiger partial charge on any atom is 0.309 e. The summed E-state index contributed by atoms with van der Waals surface area (Å²) in [5.41, 5.74) is 2.04. The van der Waals surface area contributed by atoms with E-state index in [1.165, 1.54) is 0 Å². The number of ether oxygens (including phenoxy) is 2. The third-order valence-corrected chi connectivity index (χ3v) is 4.84. The summed E-state index contributed by atoms with van der Waals surface area (Å²) in [6.45, 7) is 4.15. The van der Waals surface area contributed by atoms with Gasteiger partial charge in [-0.1, -0.05) is 0 Å². The topological polar surface area (TPSA) is 52.0 Å². The Morgan fingerprint density at radius 2 is 2.21 bits per heavy atom. The van der Waals surface area contributed by atoms with Crippen LogP contribution in [-0.2, 0) is 20.7 Å². The number of carbonyl (C=O) groups is 1. The molecule has 1 aliphatic carbocycles. The molecule has 0 spiro atoms. The predicted molar refractivity (Wildman–Crippen MR) is 66.6 cm³/mol. The molecule has 0 radical (unpaired) electrons. The molecule has 4 rings (SSSR count). The highest BCUT2D eigenvalue weighted by molar-refractivity contribution is 5.75. The van der Waals surface area contributed by atoms with Gasteiger partial charge in [-0.15, -0.1) is 0 Å². The Bertz CT molecular complexity index is 546. The number of esters is 1. The first kappa shape index (κ1) is 11.5. The van der Waals surface area contributed by atoms with Gasteiger partial charge in [0.15, 0.2) is 0 Å². The number of carbonyl (C=O) groups excluding carboxylic acids is 1. The molecule has 0 N–H and O–H groups in total. The monoisotopic (exact) mass is 262 g/mol. The van der Waals surface area contributed by atoms with Gasteiger partial charge in [-0.25, -0.2) is 0 Å². The van der Waals surface area contributed by atoms with Crippen LogP contribution < -0.4 is 0 Å². The molecule has 0 amide bonds. The van der Waals surface area contributed by atoms with E-state index in [1.54, 1.807) is 6.26 Å². The van der Waals surface area contributed by atoms with Crippen molar-refractivity contribution in [2.75, 3.05) is 0 Å². The normalized spacial score (nSPS) is 40.3. The van der Waals surface area contributed by atoms with E-state index in [2.05, 4.69) is 6.92 Å². The van der Waals surface area contributed by atoms with E-state index < -0.39 is 0 Å². The zero-order valence-electron chi connectivity index (χ0n) is 11.3. The van der Waals surface area contributed by atoms with Crippen LogP contribution in [-0.4, -0.2) is 17.7 Å². The molecule has 2 aliphatic heterocycles. The lowest BCUT2D eigenvalue weighted by Gasteiger charge is -2.13. The maximum absolute atomic E-state index is 11.9. The Balaban J connectivity index is 1.77. The van der Waals surface area contributed by atoms with E-state index in [4.69, 9.17) is 13.9 Å². The zero-order chi connectivity index (χ0) is 13.2. The third-order valence-electron chi connectivity index (χ3n) is 4.84. The van der Waals surface area contributed by atoms with Crippen LogP contribution in [0, 0.1) is 12.8 Å². The summed E-state index contributed by atoms with van der Waals surface area (Å²) >= 11 is 0. The number of rotatable bonds is 0. The van der Waals surface area contributed by atoms with Crippen LogP contribution in [0.1, 0.15) is 49.2 Å². The van der Waals surface area contributed by atoms with Crippen molar-refractivity contribution in [2.24, 2.45) is 5.92 Å². The molecule has 102 valence electrons. The summed E-state index contributed by atoms with van der Waals surface area (Å²) in [5, 5.41) is 0. The highest BCUT2D eigenvalue weighted by atomic mass is 16.6. The predicted octanol–water partition coefficient (Wildman–Crippen LogP) is 2.69. The van der Waals surface area contributed by atoms with E-state index in [9.17, 15) is 4.79 Å². The van der Waals surface area contributed by atoms with Gasteiger partial charge in [-0.2, -0.15) is 0 Å². The minimum atomic E-state index is -0.120. The van der Waals surface area contributed by atoms with Crippen LogP contribution in [0.4, 0.5) is 0 Å². The Labute approximate surface area is 112 Å². The van der Waals surface area contributed by atoms with E-state index in [0.29, 0.717) is 0 Å². The fourth-order valence-corrected chi connectivity index (χ4v) is 3.61. The van der Waals surface area contributed by atoms with Gasteiger partial charge < -0.3 is 13.9 Å². The van der Waals surface area contributed by atoms with Gasteiger partial charge in [-0.05, 0) is 32.3 Å². The molecule has 0 aromatic carbocycles. The molecule has 2 bridgehead atoms. The van der Waals surface area contributed by atoms with E-state index in [-0.39, 0.29) is 29.7 Å². The molecule has 3 aliphatic rings. The standard InChI is InChI=1S/C15H18O4/c1-8-7-17-11-6-15(2)12(19-15)4-3-9-5-10(13(8)11)18-14(9)16/h7,9-10,12H,3-6H2,1-2H3/t9-,10+,12+,15-/m0/s1. The van der Waals surface area contributed by atoms with Gasteiger partial charge in [0.25, 0.3) is 0 Å². The molecule has 2 fully saturated rings. The number of hydrogen-bond acceptors (Lipinski definition) is 4. The summed E-state index contributed by atoms with van der Waals surface area (Å²) in [4.78, 5) is 11.9. The van der Waals surface area contributed by atoms with E-state index in [1.807, 2.05) is 6.92 Å². The molecule has 2 saturated heterocycles. The first-order valence-corrected chi connectivity index (χ1v) is 7.02. The minimum absolute atomic E-state index is 0.0266. The maximum atomic E-state index is 11.9. The average Bonchev–Trinajstić information content (AvgIpc) is 2.65. The van der Waals surface area contributed by atoms with Gasteiger partial charge in [0.05, 0.1) is 23.9 Å². The highest BCUT2D eigenvalue weighted by Crippen LogP contribution is 2.48. The molecular formula is C15H18O4. The lowest BCUT2D eigenvalue weighted by Crippen LogP contribution is -2.17. The fraction of sp³-hybridized carbons (Fsp3) is 0.667. The first-order chi connectivity index (χ1) is 9.07. The summed E-state index contributed by atoms with van der Waals surface area (Å²) in [6.07, 6.45) is 5.29. The SMILES string of the molecule is Cc1coc2c1[C@H]1C[C@H](CC[C@H]3O[C@@]3(C)C2)C(=O)O1. The smallest absolute Gasteiger partial charge is 0.309 e. The van der Waals surface area contributed by atoms with Crippen molar-refractivity contribution in [3.05, 3.63) is 23.2 Å². The molecule has 3 heterocycles. The molecule has 0 unspecified atom stereocenters. The fourth-order valence-electron chi connectivity index (χ4n) is 3.61. The van der Waals surface area contributed by atoms with Crippen LogP contribution in [0.15, 0.2) is 10.7 Å². The number of furan rings is 1. The van der Waals surface area contributed by atoms with Crippen LogP contribution in [0.5, 0.6) is 0 Å². The van der Waals surface area contributed by atoms with E-state index >= 15 is 0 Å². The zero-order valence-corrected chi connectivity index (χ0v) is 11.3. The summed E-state index contributed by atoms with van der Waals surface area (Å²) in [5.74, 6) is 0.905. The number of hydrogen-bond donors (Lipinski definition) is 0. The Morgan fingerprint density at radius 3 is 3.05 bits per heavy atom. The van der Waals surface area contributed by atoms with Crippen molar-refractivity contribution in [3.63, 3.8) is 0 Å². The first-order valence-electron chi connectivity index (χ1n) is 7.02. The lowest BCUT2D eigenvalue weighted by molar-refractivity contribution is -0.144. The quantitative estimate of drug-likeness (QED) is 0.533. The van der Waals surface area contributed by atoms with Crippen molar-refractivity contribution in [1.29, 1.82) is 0 Å². The molecular weight excluding hydrogens is 244 g/mol.